The van der Waals surface area contributed by atoms with Gasteiger partial charge in [0.15, 0.2) is 0 Å². The van der Waals surface area contributed by atoms with E-state index < -0.39 is 0 Å². The lowest BCUT2D eigenvalue weighted by molar-refractivity contribution is 0.492. The van der Waals surface area contributed by atoms with Crippen molar-refractivity contribution in [3.8, 4) is 11.3 Å². The Hall–Kier alpha value is -2.60. The number of H-pyrrole nitrogens is 1. The molecule has 6 heteroatoms. The van der Waals surface area contributed by atoms with Gasteiger partial charge < -0.3 is 14.7 Å². The summed E-state index contributed by atoms with van der Waals surface area (Å²) in [5, 5.41) is 7.55. The third-order valence-corrected chi connectivity index (χ3v) is 5.01. The fraction of sp³-hybridized carbons (Fsp3) is 0.400. The fourth-order valence-corrected chi connectivity index (χ4v) is 3.80. The van der Waals surface area contributed by atoms with Gasteiger partial charge in [-0.25, -0.2) is 0 Å². The minimum atomic E-state index is 0.0610. The van der Waals surface area contributed by atoms with Gasteiger partial charge in [-0.1, -0.05) is 0 Å². The zero-order chi connectivity index (χ0) is 18.1. The zero-order valence-corrected chi connectivity index (χ0v) is 15.3. The SMILES string of the molecule is Cc1[nH]c(=O)c2c(c1-c1ccc(CNCc3cnn(C)c3)o1)CCCC2. The first-order valence-corrected chi connectivity index (χ1v) is 9.14. The van der Waals surface area contributed by atoms with Gasteiger partial charge in [0, 0.05) is 42.2 Å². The quantitative estimate of drug-likeness (QED) is 0.740. The third-order valence-electron chi connectivity index (χ3n) is 5.01. The molecule has 6 nitrogen and oxygen atoms in total. The van der Waals surface area contributed by atoms with Crippen LogP contribution in [-0.4, -0.2) is 14.8 Å². The van der Waals surface area contributed by atoms with Crippen molar-refractivity contribution in [3.05, 3.63) is 63.0 Å². The van der Waals surface area contributed by atoms with E-state index in [-0.39, 0.29) is 5.56 Å². The van der Waals surface area contributed by atoms with Crippen LogP contribution in [0.3, 0.4) is 0 Å². The standard InChI is InChI=1S/C20H24N4O2/c1-13-19(16-5-3-4-6-17(16)20(25)23-13)18-8-7-15(26-18)11-21-9-14-10-22-24(2)12-14/h7-8,10,12,21H,3-6,9,11H2,1-2H3,(H,23,25). The van der Waals surface area contributed by atoms with Crippen molar-refractivity contribution in [2.75, 3.05) is 0 Å². The normalized spacial score (nSPS) is 13.8. The van der Waals surface area contributed by atoms with E-state index in [9.17, 15) is 4.79 Å². The van der Waals surface area contributed by atoms with Crippen molar-refractivity contribution >= 4 is 0 Å². The minimum Gasteiger partial charge on any atom is -0.460 e. The number of fused-ring (bicyclic) bond motifs is 1. The molecule has 2 N–H and O–H groups in total. The maximum atomic E-state index is 12.2. The lowest BCUT2D eigenvalue weighted by Crippen LogP contribution is -2.21. The topological polar surface area (TPSA) is 75.8 Å². The average Bonchev–Trinajstić information content (AvgIpc) is 3.24. The Labute approximate surface area is 152 Å². The lowest BCUT2D eigenvalue weighted by atomic mass is 9.88. The summed E-state index contributed by atoms with van der Waals surface area (Å²) in [6.07, 6.45) is 7.87. The Balaban J connectivity index is 1.54. The Kier molecular flexibility index (Phi) is 4.51. The number of aromatic nitrogens is 3. The van der Waals surface area contributed by atoms with Crippen molar-refractivity contribution in [1.82, 2.24) is 20.1 Å². The summed E-state index contributed by atoms with van der Waals surface area (Å²) in [7, 11) is 1.91. The Morgan fingerprint density at radius 2 is 2.04 bits per heavy atom. The van der Waals surface area contributed by atoms with Crippen LogP contribution in [0.2, 0.25) is 0 Å². The molecule has 0 unspecified atom stereocenters. The highest BCUT2D eigenvalue weighted by Crippen LogP contribution is 2.32. The van der Waals surface area contributed by atoms with Crippen molar-refractivity contribution in [2.45, 2.75) is 45.7 Å². The molecule has 0 fully saturated rings. The van der Waals surface area contributed by atoms with Crippen LogP contribution in [0.5, 0.6) is 0 Å². The monoisotopic (exact) mass is 352 g/mol. The number of hydrogen-bond acceptors (Lipinski definition) is 4. The van der Waals surface area contributed by atoms with Gasteiger partial charge in [0.25, 0.3) is 5.56 Å². The molecule has 1 aliphatic rings. The van der Waals surface area contributed by atoms with Crippen LogP contribution in [0.4, 0.5) is 0 Å². The molecule has 4 rings (SSSR count). The first-order chi connectivity index (χ1) is 12.6. The number of hydrogen-bond donors (Lipinski definition) is 2. The van der Waals surface area contributed by atoms with Crippen molar-refractivity contribution in [3.63, 3.8) is 0 Å². The van der Waals surface area contributed by atoms with Crippen LogP contribution in [0, 0.1) is 6.92 Å². The number of nitrogens with zero attached hydrogens (tertiary/aromatic N) is 2. The van der Waals surface area contributed by atoms with Crippen LogP contribution in [0.25, 0.3) is 11.3 Å². The Bertz CT molecular complexity index is 980. The highest BCUT2D eigenvalue weighted by atomic mass is 16.3. The molecular formula is C20H24N4O2. The maximum absolute atomic E-state index is 12.2. The molecule has 0 radical (unpaired) electrons. The highest BCUT2D eigenvalue weighted by Gasteiger charge is 2.21. The Morgan fingerprint density at radius 3 is 2.81 bits per heavy atom. The van der Waals surface area contributed by atoms with Crippen molar-refractivity contribution in [1.29, 1.82) is 0 Å². The summed E-state index contributed by atoms with van der Waals surface area (Å²) < 4.78 is 7.89. The van der Waals surface area contributed by atoms with E-state index >= 15 is 0 Å². The van der Waals surface area contributed by atoms with Crippen molar-refractivity contribution in [2.24, 2.45) is 7.05 Å². The molecule has 3 heterocycles. The predicted molar refractivity (Wildman–Crippen MR) is 99.9 cm³/mol. The molecule has 0 aromatic carbocycles. The van der Waals surface area contributed by atoms with E-state index in [1.165, 1.54) is 5.56 Å². The van der Waals surface area contributed by atoms with Gasteiger partial charge in [-0.05, 0) is 50.3 Å². The van der Waals surface area contributed by atoms with E-state index in [2.05, 4.69) is 15.4 Å². The number of rotatable bonds is 5. The second-order valence-electron chi connectivity index (χ2n) is 7.01. The van der Waals surface area contributed by atoms with Gasteiger partial charge in [-0.15, -0.1) is 0 Å². The molecule has 0 saturated carbocycles. The number of furan rings is 1. The van der Waals surface area contributed by atoms with E-state index in [0.29, 0.717) is 6.54 Å². The largest absolute Gasteiger partial charge is 0.460 e. The molecule has 1 aliphatic carbocycles. The molecule has 0 bridgehead atoms. The summed E-state index contributed by atoms with van der Waals surface area (Å²) in [4.78, 5) is 15.2. The first-order valence-electron chi connectivity index (χ1n) is 9.14. The number of aryl methyl sites for hydroxylation is 2. The van der Waals surface area contributed by atoms with Crippen molar-refractivity contribution < 1.29 is 4.42 Å². The molecule has 0 atom stereocenters. The molecular weight excluding hydrogens is 328 g/mol. The number of nitrogens with one attached hydrogen (secondary N) is 2. The van der Waals surface area contributed by atoms with Gasteiger partial charge in [0.05, 0.1) is 12.7 Å². The number of aromatic amines is 1. The summed E-state index contributed by atoms with van der Waals surface area (Å²) in [6.45, 7) is 3.35. The molecule has 136 valence electrons. The van der Waals surface area contributed by atoms with E-state index in [1.807, 2.05) is 38.5 Å². The zero-order valence-electron chi connectivity index (χ0n) is 15.3. The van der Waals surface area contributed by atoms with Crippen LogP contribution >= 0.6 is 0 Å². The van der Waals surface area contributed by atoms with E-state index in [0.717, 1.165) is 66.1 Å². The van der Waals surface area contributed by atoms with E-state index in [4.69, 9.17) is 4.42 Å². The fourth-order valence-electron chi connectivity index (χ4n) is 3.80. The molecule has 0 amide bonds. The molecule has 3 aromatic heterocycles. The third kappa shape index (κ3) is 3.24. The highest BCUT2D eigenvalue weighted by molar-refractivity contribution is 5.67. The smallest absolute Gasteiger partial charge is 0.251 e. The molecule has 3 aromatic rings. The summed E-state index contributed by atoms with van der Waals surface area (Å²) in [5.74, 6) is 1.73. The van der Waals surface area contributed by atoms with Gasteiger partial charge in [-0.3, -0.25) is 9.48 Å². The summed E-state index contributed by atoms with van der Waals surface area (Å²) in [6, 6.07) is 4.02. The molecule has 0 saturated heterocycles. The van der Waals surface area contributed by atoms with Crippen LogP contribution in [-0.2, 0) is 33.0 Å². The van der Waals surface area contributed by atoms with Crippen LogP contribution < -0.4 is 10.9 Å². The molecule has 0 spiro atoms. The molecule has 26 heavy (non-hydrogen) atoms. The average molecular weight is 352 g/mol. The number of pyridine rings is 1. The van der Waals surface area contributed by atoms with Gasteiger partial charge in [0.1, 0.15) is 11.5 Å². The minimum absolute atomic E-state index is 0.0610. The maximum Gasteiger partial charge on any atom is 0.251 e. The van der Waals surface area contributed by atoms with Gasteiger partial charge >= 0.3 is 0 Å². The summed E-state index contributed by atoms with van der Waals surface area (Å²) in [5.41, 5.74) is 5.26. The summed E-state index contributed by atoms with van der Waals surface area (Å²) >= 11 is 0. The van der Waals surface area contributed by atoms with E-state index in [1.54, 1.807) is 4.68 Å². The van der Waals surface area contributed by atoms with Gasteiger partial charge in [0.2, 0.25) is 0 Å². The first kappa shape index (κ1) is 16.8. The predicted octanol–water partition coefficient (Wildman–Crippen LogP) is 2.85. The molecule has 0 aliphatic heterocycles. The van der Waals surface area contributed by atoms with Crippen LogP contribution in [0.15, 0.2) is 33.7 Å². The van der Waals surface area contributed by atoms with Gasteiger partial charge in [-0.2, -0.15) is 5.10 Å². The Morgan fingerprint density at radius 1 is 1.23 bits per heavy atom. The second-order valence-corrected chi connectivity index (χ2v) is 7.01. The second kappa shape index (κ2) is 6.96. The lowest BCUT2D eigenvalue weighted by Gasteiger charge is -2.19. The van der Waals surface area contributed by atoms with Crippen LogP contribution in [0.1, 0.15) is 41.0 Å².